The molecule has 2 aromatic rings. The second kappa shape index (κ2) is 6.14. The topological polar surface area (TPSA) is 12.9 Å². The SMILES string of the molecule is CC.Cc1cc(C)c2cc(C(F)(F)F)cc(C(F)(F)F)c2n1. The molecular formula is C15H15F6N. The Labute approximate surface area is 124 Å². The van der Waals surface area contributed by atoms with Gasteiger partial charge in [0.15, 0.2) is 0 Å². The zero-order chi connectivity index (χ0) is 17.3. The molecule has 0 amide bonds. The third-order valence-electron chi connectivity index (χ3n) is 2.88. The summed E-state index contributed by atoms with van der Waals surface area (Å²) in [5, 5.41) is -0.141. The number of aromatic nitrogens is 1. The minimum Gasteiger partial charge on any atom is -0.252 e. The quantitative estimate of drug-likeness (QED) is 0.549. The van der Waals surface area contributed by atoms with Crippen LogP contribution < -0.4 is 0 Å². The summed E-state index contributed by atoms with van der Waals surface area (Å²) in [5.41, 5.74) is -2.51. The summed E-state index contributed by atoms with van der Waals surface area (Å²) >= 11 is 0. The first-order valence-corrected chi connectivity index (χ1v) is 6.56. The number of benzene rings is 1. The molecule has 0 aliphatic rings. The van der Waals surface area contributed by atoms with E-state index in [1.807, 2.05) is 13.8 Å². The summed E-state index contributed by atoms with van der Waals surface area (Å²) in [5.74, 6) is 0. The molecule has 1 heterocycles. The maximum atomic E-state index is 12.9. The van der Waals surface area contributed by atoms with Crippen LogP contribution in [-0.2, 0) is 12.4 Å². The van der Waals surface area contributed by atoms with Crippen LogP contribution in [0.1, 0.15) is 36.2 Å². The monoisotopic (exact) mass is 323 g/mol. The molecule has 2 rings (SSSR count). The number of alkyl halides is 6. The van der Waals surface area contributed by atoms with Gasteiger partial charge in [0.1, 0.15) is 0 Å². The van der Waals surface area contributed by atoms with Crippen molar-refractivity contribution in [1.29, 1.82) is 0 Å². The van der Waals surface area contributed by atoms with Crippen molar-refractivity contribution < 1.29 is 26.3 Å². The van der Waals surface area contributed by atoms with Crippen molar-refractivity contribution in [3.63, 3.8) is 0 Å². The van der Waals surface area contributed by atoms with Crippen LogP contribution in [0.3, 0.4) is 0 Å². The molecule has 0 radical (unpaired) electrons. The zero-order valence-electron chi connectivity index (χ0n) is 12.4. The molecule has 0 N–H and O–H groups in total. The standard InChI is InChI=1S/C13H9F6N.C2H6/c1-6-3-7(2)20-11-9(6)4-8(12(14,15)16)5-10(11)13(17,18)19;1-2/h3-5H,1-2H3;1-2H3. The van der Waals surface area contributed by atoms with Crippen LogP contribution >= 0.6 is 0 Å². The van der Waals surface area contributed by atoms with Crippen LogP contribution in [0.4, 0.5) is 26.3 Å². The highest BCUT2D eigenvalue weighted by Crippen LogP contribution is 2.40. The maximum Gasteiger partial charge on any atom is 0.418 e. The first-order chi connectivity index (χ1) is 10.00. The van der Waals surface area contributed by atoms with E-state index in [1.54, 1.807) is 0 Å². The first-order valence-electron chi connectivity index (χ1n) is 6.56. The van der Waals surface area contributed by atoms with E-state index in [-0.39, 0.29) is 11.5 Å². The summed E-state index contributed by atoms with van der Waals surface area (Å²) in [7, 11) is 0. The number of nitrogens with zero attached hydrogens (tertiary/aromatic N) is 1. The lowest BCUT2D eigenvalue weighted by molar-refractivity contribution is -0.142. The summed E-state index contributed by atoms with van der Waals surface area (Å²) in [6.07, 6.45) is -9.74. The third-order valence-corrected chi connectivity index (χ3v) is 2.88. The Morgan fingerprint density at radius 3 is 1.82 bits per heavy atom. The van der Waals surface area contributed by atoms with Gasteiger partial charge in [-0.15, -0.1) is 0 Å². The third kappa shape index (κ3) is 3.69. The van der Waals surface area contributed by atoms with E-state index < -0.39 is 29.0 Å². The van der Waals surface area contributed by atoms with E-state index >= 15 is 0 Å². The number of fused-ring (bicyclic) bond motifs is 1. The van der Waals surface area contributed by atoms with Gasteiger partial charge in [0.05, 0.1) is 16.6 Å². The Bertz CT molecular complexity index is 670. The molecular weight excluding hydrogens is 308 g/mol. The minimum atomic E-state index is -4.90. The van der Waals surface area contributed by atoms with E-state index in [0.29, 0.717) is 17.3 Å². The van der Waals surface area contributed by atoms with Crippen molar-refractivity contribution in [1.82, 2.24) is 4.98 Å². The Morgan fingerprint density at radius 1 is 0.818 bits per heavy atom. The van der Waals surface area contributed by atoms with E-state index in [0.717, 1.165) is 0 Å². The normalized spacial score (nSPS) is 12.1. The Kier molecular flexibility index (Phi) is 5.10. The van der Waals surface area contributed by atoms with Gasteiger partial charge < -0.3 is 0 Å². The molecule has 0 atom stereocenters. The second-order valence-corrected chi connectivity index (χ2v) is 4.50. The van der Waals surface area contributed by atoms with Gasteiger partial charge in [-0.05, 0) is 37.6 Å². The van der Waals surface area contributed by atoms with Crippen LogP contribution in [0.15, 0.2) is 18.2 Å². The number of aryl methyl sites for hydroxylation is 2. The highest BCUT2D eigenvalue weighted by atomic mass is 19.4. The molecule has 0 saturated carbocycles. The van der Waals surface area contributed by atoms with E-state index in [4.69, 9.17) is 0 Å². The molecule has 0 aliphatic carbocycles. The van der Waals surface area contributed by atoms with Gasteiger partial charge in [-0.3, -0.25) is 4.98 Å². The molecule has 1 nitrogen and oxygen atoms in total. The van der Waals surface area contributed by atoms with Crippen LogP contribution in [0.25, 0.3) is 10.9 Å². The Balaban J connectivity index is 0.00000116. The molecule has 7 heteroatoms. The van der Waals surface area contributed by atoms with Crippen LogP contribution in [0, 0.1) is 13.8 Å². The number of hydrogen-bond donors (Lipinski definition) is 0. The van der Waals surface area contributed by atoms with Gasteiger partial charge in [0.2, 0.25) is 0 Å². The van der Waals surface area contributed by atoms with Crippen molar-refractivity contribution in [3.8, 4) is 0 Å². The van der Waals surface area contributed by atoms with Crippen LogP contribution in [0.2, 0.25) is 0 Å². The predicted octanol–water partition coefficient (Wildman–Crippen LogP) is 5.92. The lowest BCUT2D eigenvalue weighted by Crippen LogP contribution is -2.12. The van der Waals surface area contributed by atoms with E-state index in [2.05, 4.69) is 4.98 Å². The largest absolute Gasteiger partial charge is 0.418 e. The van der Waals surface area contributed by atoms with Gasteiger partial charge in [-0.25, -0.2) is 0 Å². The summed E-state index contributed by atoms with van der Waals surface area (Å²) < 4.78 is 76.9. The molecule has 0 bridgehead atoms. The second-order valence-electron chi connectivity index (χ2n) is 4.50. The van der Waals surface area contributed by atoms with Gasteiger partial charge in [-0.2, -0.15) is 26.3 Å². The average molecular weight is 323 g/mol. The van der Waals surface area contributed by atoms with Gasteiger partial charge in [0, 0.05) is 11.1 Å². The molecule has 0 aliphatic heterocycles. The van der Waals surface area contributed by atoms with Crippen molar-refractivity contribution in [2.45, 2.75) is 40.0 Å². The van der Waals surface area contributed by atoms with Crippen molar-refractivity contribution >= 4 is 10.9 Å². The zero-order valence-corrected chi connectivity index (χ0v) is 12.4. The van der Waals surface area contributed by atoms with Crippen LogP contribution in [-0.4, -0.2) is 4.98 Å². The Morgan fingerprint density at radius 2 is 1.36 bits per heavy atom. The summed E-state index contributed by atoms with van der Waals surface area (Å²) in [6, 6.07) is 2.25. The number of hydrogen-bond acceptors (Lipinski definition) is 1. The van der Waals surface area contributed by atoms with Crippen LogP contribution in [0.5, 0.6) is 0 Å². The molecule has 0 unspecified atom stereocenters. The molecule has 1 aromatic heterocycles. The lowest BCUT2D eigenvalue weighted by Gasteiger charge is -2.15. The van der Waals surface area contributed by atoms with Crippen molar-refractivity contribution in [3.05, 3.63) is 40.6 Å². The van der Waals surface area contributed by atoms with Crippen molar-refractivity contribution in [2.24, 2.45) is 0 Å². The lowest BCUT2D eigenvalue weighted by atomic mass is 10.0. The highest BCUT2D eigenvalue weighted by Gasteiger charge is 2.38. The fraction of sp³-hybridized carbons (Fsp3) is 0.400. The van der Waals surface area contributed by atoms with E-state index in [1.165, 1.54) is 19.9 Å². The number of halogens is 6. The maximum absolute atomic E-state index is 12.9. The van der Waals surface area contributed by atoms with Gasteiger partial charge in [-0.1, -0.05) is 13.8 Å². The fourth-order valence-corrected chi connectivity index (χ4v) is 2.03. The predicted molar refractivity (Wildman–Crippen MR) is 72.6 cm³/mol. The first kappa shape index (κ1) is 18.3. The summed E-state index contributed by atoms with van der Waals surface area (Å²) in [6.45, 7) is 6.95. The molecule has 122 valence electrons. The Hall–Kier alpha value is -1.79. The molecule has 1 aromatic carbocycles. The smallest absolute Gasteiger partial charge is 0.252 e. The van der Waals surface area contributed by atoms with E-state index in [9.17, 15) is 26.3 Å². The number of pyridine rings is 1. The molecule has 0 fully saturated rings. The minimum absolute atomic E-state index is 0.105. The molecule has 0 saturated heterocycles. The molecule has 22 heavy (non-hydrogen) atoms. The van der Waals surface area contributed by atoms with Crippen molar-refractivity contribution in [2.75, 3.05) is 0 Å². The average Bonchev–Trinajstić information content (AvgIpc) is 2.37. The number of rotatable bonds is 0. The highest BCUT2D eigenvalue weighted by molar-refractivity contribution is 5.86. The van der Waals surface area contributed by atoms with Gasteiger partial charge in [0.25, 0.3) is 0 Å². The van der Waals surface area contributed by atoms with Gasteiger partial charge >= 0.3 is 12.4 Å². The molecule has 0 spiro atoms. The fourth-order valence-electron chi connectivity index (χ4n) is 2.03. The summed E-state index contributed by atoms with van der Waals surface area (Å²) in [4.78, 5) is 3.74.